The molecule has 0 radical (unpaired) electrons. The van der Waals surface area contributed by atoms with Crippen molar-refractivity contribution in [3.63, 3.8) is 0 Å². The molecular weight excluding hydrogens is 417 g/mol. The zero-order valence-electron chi connectivity index (χ0n) is 14.5. The van der Waals surface area contributed by atoms with E-state index in [0.717, 1.165) is 17.3 Å². The average molecular weight is 432 g/mol. The fourth-order valence-corrected chi connectivity index (χ4v) is 3.99. The molecule has 0 spiro atoms. The Bertz CT molecular complexity index is 987. The van der Waals surface area contributed by atoms with Crippen LogP contribution in [0, 0.1) is 11.3 Å². The summed E-state index contributed by atoms with van der Waals surface area (Å²) in [7, 11) is 0. The molecular formula is C20H15Cl2N3O2S. The van der Waals surface area contributed by atoms with Crippen molar-refractivity contribution in [2.45, 2.75) is 12.3 Å². The van der Waals surface area contributed by atoms with Crippen LogP contribution in [0.1, 0.15) is 17.9 Å². The van der Waals surface area contributed by atoms with Crippen molar-refractivity contribution in [3.05, 3.63) is 74.7 Å². The van der Waals surface area contributed by atoms with Gasteiger partial charge < -0.3 is 10.6 Å². The Hall–Kier alpha value is -2.46. The molecule has 5 nitrogen and oxygen atoms in total. The van der Waals surface area contributed by atoms with Crippen LogP contribution in [0.25, 0.3) is 0 Å². The molecule has 0 aliphatic carbocycles. The molecule has 1 aliphatic rings. The summed E-state index contributed by atoms with van der Waals surface area (Å²) in [6, 6.07) is 16.4. The molecule has 0 saturated carbocycles. The molecule has 2 N–H and O–H groups in total. The lowest BCUT2D eigenvalue weighted by Gasteiger charge is -2.25. The summed E-state index contributed by atoms with van der Waals surface area (Å²) in [5.74, 6) is -0.757. The van der Waals surface area contributed by atoms with Gasteiger partial charge in [0.15, 0.2) is 0 Å². The first-order valence-electron chi connectivity index (χ1n) is 8.34. The normalized spacial score (nSPS) is 16.3. The highest BCUT2D eigenvalue weighted by Crippen LogP contribution is 2.35. The van der Waals surface area contributed by atoms with Crippen molar-refractivity contribution in [1.82, 2.24) is 5.32 Å². The van der Waals surface area contributed by atoms with Crippen LogP contribution in [0.15, 0.2) is 59.1 Å². The number of carbonyl (C=O) groups excluding carboxylic acids is 2. The van der Waals surface area contributed by atoms with Crippen molar-refractivity contribution < 1.29 is 9.59 Å². The fourth-order valence-electron chi connectivity index (χ4n) is 2.81. The Balaban J connectivity index is 1.73. The maximum atomic E-state index is 12.3. The van der Waals surface area contributed by atoms with Gasteiger partial charge in [-0.1, -0.05) is 65.3 Å². The highest BCUT2D eigenvalue weighted by atomic mass is 35.5. The van der Waals surface area contributed by atoms with Gasteiger partial charge in [-0.3, -0.25) is 9.59 Å². The van der Waals surface area contributed by atoms with E-state index in [1.807, 2.05) is 30.3 Å². The van der Waals surface area contributed by atoms with Gasteiger partial charge in [-0.05, 0) is 23.8 Å². The minimum absolute atomic E-state index is 0.0303. The molecule has 2 amide bonds. The number of hydrogen-bond acceptors (Lipinski definition) is 4. The SMILES string of the molecule is N#CC1=C(SCC(=O)Nc2ccc(Cl)c(Cl)c2)NC(=O)C[C@@H]1c1ccccc1. The topological polar surface area (TPSA) is 82.0 Å². The Morgan fingerprint density at radius 1 is 1.21 bits per heavy atom. The number of hydrogen-bond donors (Lipinski definition) is 2. The first-order valence-corrected chi connectivity index (χ1v) is 10.1. The molecule has 2 aromatic rings. The number of allylic oxidation sites excluding steroid dienone is 1. The van der Waals surface area contributed by atoms with Crippen LogP contribution in [0.5, 0.6) is 0 Å². The first-order chi connectivity index (χ1) is 13.5. The van der Waals surface area contributed by atoms with Crippen LogP contribution in [-0.4, -0.2) is 17.6 Å². The molecule has 142 valence electrons. The molecule has 0 aromatic heterocycles. The van der Waals surface area contributed by atoms with Crippen LogP contribution >= 0.6 is 35.0 Å². The number of nitrogens with one attached hydrogen (secondary N) is 2. The third-order valence-corrected chi connectivity index (χ3v) is 5.87. The largest absolute Gasteiger partial charge is 0.325 e. The highest BCUT2D eigenvalue weighted by molar-refractivity contribution is 8.03. The Morgan fingerprint density at radius 3 is 2.64 bits per heavy atom. The van der Waals surface area contributed by atoms with Gasteiger partial charge in [-0.2, -0.15) is 5.26 Å². The van der Waals surface area contributed by atoms with E-state index >= 15 is 0 Å². The lowest BCUT2D eigenvalue weighted by Crippen LogP contribution is -2.31. The molecule has 0 fully saturated rings. The second kappa shape index (κ2) is 9.16. The Kier molecular flexibility index (Phi) is 6.63. The number of anilines is 1. The molecule has 3 rings (SSSR count). The third-order valence-electron chi connectivity index (χ3n) is 4.11. The van der Waals surface area contributed by atoms with Crippen molar-refractivity contribution in [2.75, 3.05) is 11.1 Å². The summed E-state index contributed by atoms with van der Waals surface area (Å²) in [6.07, 6.45) is 0.201. The van der Waals surface area contributed by atoms with Crippen LogP contribution < -0.4 is 10.6 Å². The van der Waals surface area contributed by atoms with Crippen LogP contribution in [0.2, 0.25) is 10.0 Å². The molecule has 1 heterocycles. The van der Waals surface area contributed by atoms with Gasteiger partial charge in [0, 0.05) is 18.0 Å². The van der Waals surface area contributed by atoms with Gasteiger partial charge in [0.25, 0.3) is 0 Å². The predicted octanol–water partition coefficient (Wildman–Crippen LogP) is 4.70. The van der Waals surface area contributed by atoms with E-state index in [4.69, 9.17) is 23.2 Å². The van der Waals surface area contributed by atoms with Crippen LogP contribution in [0.3, 0.4) is 0 Å². The quantitative estimate of drug-likeness (QED) is 0.718. The van der Waals surface area contributed by atoms with E-state index in [1.165, 1.54) is 0 Å². The van der Waals surface area contributed by atoms with E-state index in [2.05, 4.69) is 16.7 Å². The van der Waals surface area contributed by atoms with E-state index in [-0.39, 0.29) is 29.9 Å². The fraction of sp³-hybridized carbons (Fsp3) is 0.150. The summed E-state index contributed by atoms with van der Waals surface area (Å²) >= 11 is 12.9. The molecule has 8 heteroatoms. The van der Waals surface area contributed by atoms with E-state index in [9.17, 15) is 14.9 Å². The zero-order valence-corrected chi connectivity index (χ0v) is 16.9. The van der Waals surface area contributed by atoms with Gasteiger partial charge in [0.05, 0.1) is 32.5 Å². The maximum Gasteiger partial charge on any atom is 0.234 e. The van der Waals surface area contributed by atoms with Gasteiger partial charge >= 0.3 is 0 Å². The second-order valence-corrected chi connectivity index (χ2v) is 7.84. The predicted molar refractivity (Wildman–Crippen MR) is 112 cm³/mol. The van der Waals surface area contributed by atoms with E-state index < -0.39 is 0 Å². The Morgan fingerprint density at radius 2 is 1.96 bits per heavy atom. The molecule has 1 aliphatic heterocycles. The number of carbonyl (C=O) groups is 2. The molecule has 0 saturated heterocycles. The van der Waals surface area contributed by atoms with Gasteiger partial charge in [0.2, 0.25) is 11.8 Å². The smallest absolute Gasteiger partial charge is 0.234 e. The van der Waals surface area contributed by atoms with Crippen molar-refractivity contribution in [1.29, 1.82) is 5.26 Å². The van der Waals surface area contributed by atoms with Crippen LogP contribution in [0.4, 0.5) is 5.69 Å². The number of amides is 2. The number of nitriles is 1. The minimum Gasteiger partial charge on any atom is -0.325 e. The highest BCUT2D eigenvalue weighted by Gasteiger charge is 2.29. The first kappa shape index (κ1) is 20.3. The van der Waals surface area contributed by atoms with Gasteiger partial charge in [0.1, 0.15) is 0 Å². The molecule has 28 heavy (non-hydrogen) atoms. The number of nitrogens with zero attached hydrogens (tertiary/aromatic N) is 1. The molecule has 1 atom stereocenters. The van der Waals surface area contributed by atoms with Crippen LogP contribution in [-0.2, 0) is 9.59 Å². The molecule has 2 aromatic carbocycles. The minimum atomic E-state index is -0.319. The average Bonchev–Trinajstić information content (AvgIpc) is 2.69. The zero-order chi connectivity index (χ0) is 20.1. The lowest BCUT2D eigenvalue weighted by atomic mass is 9.87. The summed E-state index contributed by atoms with van der Waals surface area (Å²) in [6.45, 7) is 0. The monoisotopic (exact) mass is 431 g/mol. The van der Waals surface area contributed by atoms with Gasteiger partial charge in [-0.15, -0.1) is 0 Å². The number of benzene rings is 2. The summed E-state index contributed by atoms with van der Waals surface area (Å²) < 4.78 is 0. The second-order valence-electron chi connectivity index (χ2n) is 6.04. The maximum absolute atomic E-state index is 12.3. The number of halogens is 2. The van der Waals surface area contributed by atoms with E-state index in [0.29, 0.717) is 26.3 Å². The number of thioether (sulfide) groups is 1. The van der Waals surface area contributed by atoms with Gasteiger partial charge in [-0.25, -0.2) is 0 Å². The summed E-state index contributed by atoms with van der Waals surface area (Å²) in [5, 5.41) is 16.2. The summed E-state index contributed by atoms with van der Waals surface area (Å²) in [5.41, 5.74) is 1.87. The third kappa shape index (κ3) is 4.87. The van der Waals surface area contributed by atoms with E-state index in [1.54, 1.807) is 18.2 Å². The lowest BCUT2D eigenvalue weighted by molar-refractivity contribution is -0.121. The molecule has 0 bridgehead atoms. The van der Waals surface area contributed by atoms with Crippen molar-refractivity contribution >= 4 is 52.5 Å². The standard InChI is InChI=1S/C20H15Cl2N3O2S/c21-16-7-6-13(8-17(16)22)24-19(27)11-28-20-15(10-23)14(9-18(26)25-20)12-4-2-1-3-5-12/h1-8,14H,9,11H2,(H,24,27)(H,25,26)/t14-/m1/s1. The number of rotatable bonds is 5. The summed E-state index contributed by atoms with van der Waals surface area (Å²) in [4.78, 5) is 24.4. The van der Waals surface area contributed by atoms with Crippen molar-refractivity contribution in [3.8, 4) is 6.07 Å². The van der Waals surface area contributed by atoms with Crippen molar-refractivity contribution in [2.24, 2.45) is 0 Å². The Labute approximate surface area is 176 Å². The molecule has 0 unspecified atom stereocenters.